The van der Waals surface area contributed by atoms with Crippen LogP contribution in [-0.4, -0.2) is 19.6 Å². The smallest absolute Gasteiger partial charge is 0.333 e. The van der Waals surface area contributed by atoms with Gasteiger partial charge in [0.25, 0.3) is 0 Å². The van der Waals surface area contributed by atoms with E-state index in [0.29, 0.717) is 12.1 Å². The lowest BCUT2D eigenvalue weighted by Crippen LogP contribution is -2.05. The van der Waals surface area contributed by atoms with Crippen molar-refractivity contribution in [1.29, 1.82) is 0 Å². The maximum atomic E-state index is 12.6. The molecule has 1 rings (SSSR count). The molecule has 1 aromatic carbocycles. The Hall–Kier alpha value is -1.84. The topological polar surface area (TPSA) is 38.3 Å². The molecule has 0 fully saturated rings. The van der Waals surface area contributed by atoms with Gasteiger partial charge in [-0.2, -0.15) is 0 Å². The van der Waals surface area contributed by atoms with Gasteiger partial charge in [-0.15, -0.1) is 0 Å². The van der Waals surface area contributed by atoms with Crippen LogP contribution in [0.1, 0.15) is 6.92 Å². The molecule has 0 bridgehead atoms. The fourth-order valence-corrected chi connectivity index (χ4v) is 1.13. The number of halogens is 1. The molecule has 4 heteroatoms. The maximum Gasteiger partial charge on any atom is 0.333 e. The number of carbonyl (C=O) groups is 1. The minimum atomic E-state index is -0.346. The normalized spacial score (nSPS) is 11.1. The Labute approximate surface area is 93.9 Å². The van der Waals surface area contributed by atoms with Gasteiger partial charge in [-0.1, -0.05) is 6.08 Å². The largest absolute Gasteiger partial charge is 0.466 e. The molecule has 1 aromatic rings. The summed E-state index contributed by atoms with van der Waals surface area (Å²) in [5.74, 6) is -0.618. The van der Waals surface area contributed by atoms with E-state index in [9.17, 15) is 9.18 Å². The molecule has 0 radical (unpaired) electrons. The third-order valence-electron chi connectivity index (χ3n) is 2.07. The highest BCUT2D eigenvalue weighted by Crippen LogP contribution is 2.07. The quantitative estimate of drug-likeness (QED) is 0.629. The fraction of sp³-hybridized carbons (Fsp3) is 0.250. The Kier molecular flexibility index (Phi) is 4.51. The fourth-order valence-electron chi connectivity index (χ4n) is 1.13. The van der Waals surface area contributed by atoms with E-state index in [1.807, 2.05) is 0 Å². The van der Waals surface area contributed by atoms with Crippen LogP contribution in [0.3, 0.4) is 0 Å². The Morgan fingerprint density at radius 2 is 2.06 bits per heavy atom. The zero-order chi connectivity index (χ0) is 12.0. The maximum absolute atomic E-state index is 12.6. The summed E-state index contributed by atoms with van der Waals surface area (Å²) < 4.78 is 17.1. The van der Waals surface area contributed by atoms with E-state index < -0.39 is 0 Å². The molecule has 0 heterocycles. The van der Waals surface area contributed by atoms with Crippen LogP contribution in [0, 0.1) is 5.82 Å². The molecule has 0 aromatic heterocycles. The van der Waals surface area contributed by atoms with Crippen LogP contribution in [0.25, 0.3) is 0 Å². The van der Waals surface area contributed by atoms with Crippen LogP contribution in [0.2, 0.25) is 0 Å². The molecule has 86 valence electrons. The van der Waals surface area contributed by atoms with E-state index in [-0.39, 0.29) is 11.8 Å². The van der Waals surface area contributed by atoms with Gasteiger partial charge in [-0.25, -0.2) is 9.18 Å². The van der Waals surface area contributed by atoms with E-state index in [1.54, 1.807) is 25.1 Å². The average molecular weight is 223 g/mol. The van der Waals surface area contributed by atoms with E-state index in [4.69, 9.17) is 0 Å². The van der Waals surface area contributed by atoms with Crippen LogP contribution >= 0.6 is 0 Å². The minimum Gasteiger partial charge on any atom is -0.466 e. The Morgan fingerprint density at radius 1 is 1.44 bits per heavy atom. The van der Waals surface area contributed by atoms with Crippen molar-refractivity contribution in [3.63, 3.8) is 0 Å². The van der Waals surface area contributed by atoms with Crippen molar-refractivity contribution in [1.82, 2.24) is 0 Å². The molecular formula is C12H14FNO2. The first-order valence-electron chi connectivity index (χ1n) is 4.88. The van der Waals surface area contributed by atoms with E-state index in [0.717, 1.165) is 5.69 Å². The van der Waals surface area contributed by atoms with Gasteiger partial charge in [0.05, 0.1) is 7.11 Å². The summed E-state index contributed by atoms with van der Waals surface area (Å²) >= 11 is 0. The van der Waals surface area contributed by atoms with Crippen molar-refractivity contribution in [2.24, 2.45) is 0 Å². The van der Waals surface area contributed by atoms with Crippen LogP contribution in [-0.2, 0) is 9.53 Å². The third-order valence-corrected chi connectivity index (χ3v) is 2.07. The third kappa shape index (κ3) is 3.73. The number of methoxy groups -OCH3 is 1. The first-order chi connectivity index (χ1) is 7.63. The summed E-state index contributed by atoms with van der Waals surface area (Å²) in [6.07, 6.45) is 1.72. The summed E-state index contributed by atoms with van der Waals surface area (Å²) in [5.41, 5.74) is 1.34. The van der Waals surface area contributed by atoms with Crippen molar-refractivity contribution < 1.29 is 13.9 Å². The molecule has 3 nitrogen and oxygen atoms in total. The van der Waals surface area contributed by atoms with Crippen LogP contribution in [0.15, 0.2) is 35.9 Å². The lowest BCUT2D eigenvalue weighted by Gasteiger charge is -2.03. The van der Waals surface area contributed by atoms with Crippen LogP contribution in [0.5, 0.6) is 0 Å². The van der Waals surface area contributed by atoms with Gasteiger partial charge in [-0.05, 0) is 31.2 Å². The number of ether oxygens (including phenoxy) is 1. The predicted molar refractivity (Wildman–Crippen MR) is 60.7 cm³/mol. The van der Waals surface area contributed by atoms with Crippen molar-refractivity contribution in [3.8, 4) is 0 Å². The van der Waals surface area contributed by atoms with Gasteiger partial charge < -0.3 is 10.1 Å². The minimum absolute atomic E-state index is 0.271. The molecule has 0 unspecified atom stereocenters. The standard InChI is InChI=1S/C12H14FNO2/c1-9(12(15)16-2)7-8-14-11-5-3-10(13)4-6-11/h3-7,14H,8H2,1-2H3/b9-7+. The summed E-state index contributed by atoms with van der Waals surface area (Å²) in [5, 5.41) is 3.03. The van der Waals surface area contributed by atoms with Crippen molar-refractivity contribution in [3.05, 3.63) is 41.7 Å². The van der Waals surface area contributed by atoms with Gasteiger partial charge in [0.2, 0.25) is 0 Å². The van der Waals surface area contributed by atoms with E-state index >= 15 is 0 Å². The van der Waals surface area contributed by atoms with Crippen LogP contribution in [0.4, 0.5) is 10.1 Å². The molecule has 0 aliphatic heterocycles. The Bertz CT molecular complexity index is 385. The van der Waals surface area contributed by atoms with E-state index in [2.05, 4.69) is 10.1 Å². The molecule has 0 saturated carbocycles. The highest BCUT2D eigenvalue weighted by molar-refractivity contribution is 5.87. The first kappa shape index (κ1) is 12.2. The summed E-state index contributed by atoms with van der Waals surface area (Å²) in [7, 11) is 1.34. The molecule has 16 heavy (non-hydrogen) atoms. The van der Waals surface area contributed by atoms with Gasteiger partial charge in [0.1, 0.15) is 5.82 Å². The van der Waals surface area contributed by atoms with Gasteiger partial charge in [0, 0.05) is 17.8 Å². The highest BCUT2D eigenvalue weighted by Gasteiger charge is 2.01. The zero-order valence-electron chi connectivity index (χ0n) is 9.29. The number of nitrogens with one attached hydrogen (secondary N) is 1. The number of esters is 1. The summed E-state index contributed by atoms with van der Waals surface area (Å²) in [6, 6.07) is 6.02. The van der Waals surface area contributed by atoms with Gasteiger partial charge in [-0.3, -0.25) is 0 Å². The number of hydrogen-bond acceptors (Lipinski definition) is 3. The summed E-state index contributed by atoms with van der Waals surface area (Å²) in [4.78, 5) is 11.0. The second kappa shape index (κ2) is 5.90. The highest BCUT2D eigenvalue weighted by atomic mass is 19.1. The van der Waals surface area contributed by atoms with Crippen molar-refractivity contribution in [2.45, 2.75) is 6.92 Å². The van der Waals surface area contributed by atoms with Gasteiger partial charge in [0.15, 0.2) is 0 Å². The number of carbonyl (C=O) groups excluding carboxylic acids is 1. The SMILES string of the molecule is COC(=O)/C(C)=C/CNc1ccc(F)cc1. The molecule has 0 spiro atoms. The molecule has 0 aliphatic carbocycles. The Morgan fingerprint density at radius 3 is 2.62 bits per heavy atom. The van der Waals surface area contributed by atoms with Gasteiger partial charge >= 0.3 is 5.97 Å². The number of anilines is 1. The molecule has 0 aliphatic rings. The number of hydrogen-bond donors (Lipinski definition) is 1. The lowest BCUT2D eigenvalue weighted by atomic mass is 10.2. The number of rotatable bonds is 4. The molecule has 1 N–H and O–H groups in total. The average Bonchev–Trinajstić information content (AvgIpc) is 2.30. The lowest BCUT2D eigenvalue weighted by molar-refractivity contribution is -0.136. The monoisotopic (exact) mass is 223 g/mol. The molecule has 0 atom stereocenters. The predicted octanol–water partition coefficient (Wildman–Crippen LogP) is 2.36. The zero-order valence-corrected chi connectivity index (χ0v) is 9.29. The first-order valence-corrected chi connectivity index (χ1v) is 4.88. The molecule has 0 amide bonds. The van der Waals surface area contributed by atoms with Crippen molar-refractivity contribution in [2.75, 3.05) is 19.0 Å². The Balaban J connectivity index is 2.46. The summed E-state index contributed by atoms with van der Waals surface area (Å²) in [6.45, 7) is 2.17. The second-order valence-electron chi connectivity index (χ2n) is 3.27. The van der Waals surface area contributed by atoms with E-state index in [1.165, 1.54) is 19.2 Å². The number of benzene rings is 1. The van der Waals surface area contributed by atoms with Crippen molar-refractivity contribution >= 4 is 11.7 Å². The van der Waals surface area contributed by atoms with Crippen LogP contribution < -0.4 is 5.32 Å². The molecular weight excluding hydrogens is 209 g/mol. The molecule has 0 saturated heterocycles. The second-order valence-corrected chi connectivity index (χ2v) is 3.27.